The average Bonchev–Trinajstić information content (AvgIpc) is 2.93. The number of H-pyrrole nitrogens is 1. The zero-order chi connectivity index (χ0) is 19.8. The van der Waals surface area contributed by atoms with Gasteiger partial charge < -0.3 is 9.72 Å². The Hall–Kier alpha value is -2.02. The Labute approximate surface area is 164 Å². The van der Waals surface area contributed by atoms with E-state index in [1.54, 1.807) is 26.2 Å². The smallest absolute Gasteiger partial charge is 0.240 e. The lowest BCUT2D eigenvalue weighted by atomic mass is 10.1. The molecular formula is C20H23ClN2O3S. The first-order valence-corrected chi connectivity index (χ1v) is 10.5. The number of aromatic amines is 1. The number of para-hydroxylation sites is 1. The van der Waals surface area contributed by atoms with Gasteiger partial charge in [0.25, 0.3) is 0 Å². The molecule has 144 valence electrons. The Kier molecular flexibility index (Phi) is 5.51. The van der Waals surface area contributed by atoms with Gasteiger partial charge >= 0.3 is 0 Å². The molecule has 2 N–H and O–H groups in total. The lowest BCUT2D eigenvalue weighted by Crippen LogP contribution is -2.27. The molecule has 3 rings (SSSR count). The van der Waals surface area contributed by atoms with E-state index in [1.807, 2.05) is 32.0 Å². The van der Waals surface area contributed by atoms with Crippen molar-refractivity contribution in [3.8, 4) is 5.75 Å². The fourth-order valence-corrected chi connectivity index (χ4v) is 4.91. The maximum atomic E-state index is 12.8. The van der Waals surface area contributed by atoms with Crippen molar-refractivity contribution in [2.24, 2.45) is 0 Å². The molecule has 0 bridgehead atoms. The van der Waals surface area contributed by atoms with Crippen LogP contribution in [-0.4, -0.2) is 27.1 Å². The van der Waals surface area contributed by atoms with Crippen molar-refractivity contribution in [2.45, 2.75) is 32.1 Å². The molecule has 0 aliphatic rings. The van der Waals surface area contributed by atoms with Gasteiger partial charge in [0.15, 0.2) is 0 Å². The molecule has 0 radical (unpaired) electrons. The highest BCUT2D eigenvalue weighted by Crippen LogP contribution is 2.28. The second-order valence-corrected chi connectivity index (χ2v) is 8.77. The molecule has 0 aliphatic heterocycles. The van der Waals surface area contributed by atoms with Gasteiger partial charge in [-0.2, -0.15) is 0 Å². The number of nitrogens with one attached hydrogen (secondary N) is 2. The maximum Gasteiger partial charge on any atom is 0.240 e. The number of sulfonamides is 1. The topological polar surface area (TPSA) is 71.2 Å². The standard InChI is InChI=1S/C20H23ClN2O3S/c1-12-11-19(13(2)10-18(12)26-4)27(24,25)22-9-8-15-14(3)23-20-16(15)6-5-7-17(20)21/h5-7,10-11,22-23H,8-9H2,1-4H3. The molecule has 0 amide bonds. The van der Waals surface area contributed by atoms with Crippen molar-refractivity contribution < 1.29 is 13.2 Å². The highest BCUT2D eigenvalue weighted by molar-refractivity contribution is 7.89. The average molecular weight is 407 g/mol. The number of halogens is 1. The quantitative estimate of drug-likeness (QED) is 0.641. The molecule has 1 aromatic heterocycles. The van der Waals surface area contributed by atoms with Crippen LogP contribution in [0.25, 0.3) is 10.9 Å². The first-order valence-electron chi connectivity index (χ1n) is 8.65. The summed E-state index contributed by atoms with van der Waals surface area (Å²) in [5.41, 5.74) is 4.38. The van der Waals surface area contributed by atoms with Crippen LogP contribution in [0.2, 0.25) is 5.02 Å². The van der Waals surface area contributed by atoms with Crippen LogP contribution >= 0.6 is 11.6 Å². The highest BCUT2D eigenvalue weighted by atomic mass is 35.5. The van der Waals surface area contributed by atoms with E-state index in [0.717, 1.165) is 27.7 Å². The van der Waals surface area contributed by atoms with E-state index in [1.165, 1.54) is 0 Å². The monoisotopic (exact) mass is 406 g/mol. The fourth-order valence-electron chi connectivity index (χ4n) is 3.35. The van der Waals surface area contributed by atoms with Crippen LogP contribution in [0, 0.1) is 20.8 Å². The predicted molar refractivity (Wildman–Crippen MR) is 109 cm³/mol. The second-order valence-electron chi connectivity index (χ2n) is 6.63. The first kappa shape index (κ1) is 19.7. The highest BCUT2D eigenvalue weighted by Gasteiger charge is 2.19. The van der Waals surface area contributed by atoms with E-state index < -0.39 is 10.0 Å². The van der Waals surface area contributed by atoms with Gasteiger partial charge in [-0.3, -0.25) is 0 Å². The minimum atomic E-state index is -3.61. The van der Waals surface area contributed by atoms with E-state index in [2.05, 4.69) is 9.71 Å². The van der Waals surface area contributed by atoms with Gasteiger partial charge in [0.1, 0.15) is 5.75 Å². The van der Waals surface area contributed by atoms with Crippen LogP contribution in [0.3, 0.4) is 0 Å². The zero-order valence-corrected chi connectivity index (χ0v) is 17.4. The number of aromatic nitrogens is 1. The minimum absolute atomic E-state index is 0.277. The molecule has 3 aromatic rings. The van der Waals surface area contributed by atoms with Gasteiger partial charge in [0, 0.05) is 17.6 Å². The summed E-state index contributed by atoms with van der Waals surface area (Å²) in [6, 6.07) is 9.12. The van der Waals surface area contributed by atoms with Crippen molar-refractivity contribution in [2.75, 3.05) is 13.7 Å². The number of rotatable bonds is 6. The summed E-state index contributed by atoms with van der Waals surface area (Å²) in [6.45, 7) is 5.86. The van der Waals surface area contributed by atoms with Gasteiger partial charge in [-0.15, -0.1) is 0 Å². The van der Waals surface area contributed by atoms with Crippen molar-refractivity contribution in [3.05, 3.63) is 57.7 Å². The summed E-state index contributed by atoms with van der Waals surface area (Å²) in [7, 11) is -2.03. The molecule has 0 unspecified atom stereocenters. The molecular weight excluding hydrogens is 384 g/mol. The van der Waals surface area contributed by atoms with E-state index in [-0.39, 0.29) is 4.90 Å². The summed E-state index contributed by atoms with van der Waals surface area (Å²) in [5, 5.41) is 1.68. The van der Waals surface area contributed by atoms with E-state index in [4.69, 9.17) is 16.3 Å². The fraction of sp³-hybridized carbons (Fsp3) is 0.300. The third-order valence-corrected chi connectivity index (χ3v) is 6.67. The van der Waals surface area contributed by atoms with Crippen molar-refractivity contribution in [1.29, 1.82) is 0 Å². The number of benzene rings is 2. The van der Waals surface area contributed by atoms with Gasteiger partial charge in [0.2, 0.25) is 10.0 Å². The van der Waals surface area contributed by atoms with Crippen molar-refractivity contribution in [1.82, 2.24) is 9.71 Å². The van der Waals surface area contributed by atoms with Crippen LogP contribution in [0.15, 0.2) is 35.2 Å². The van der Waals surface area contributed by atoms with Crippen LogP contribution in [0.1, 0.15) is 22.4 Å². The third kappa shape index (κ3) is 3.83. The lowest BCUT2D eigenvalue weighted by Gasteiger charge is -2.13. The number of hydrogen-bond donors (Lipinski definition) is 2. The molecule has 2 aromatic carbocycles. The number of aryl methyl sites for hydroxylation is 3. The Morgan fingerprint density at radius 1 is 1.15 bits per heavy atom. The Bertz CT molecular complexity index is 1100. The number of hydrogen-bond acceptors (Lipinski definition) is 3. The van der Waals surface area contributed by atoms with Crippen LogP contribution < -0.4 is 9.46 Å². The van der Waals surface area contributed by atoms with E-state index in [0.29, 0.717) is 29.3 Å². The van der Waals surface area contributed by atoms with Gasteiger partial charge in [-0.25, -0.2) is 13.1 Å². The van der Waals surface area contributed by atoms with Crippen LogP contribution in [-0.2, 0) is 16.4 Å². The van der Waals surface area contributed by atoms with Gasteiger partial charge in [-0.1, -0.05) is 23.7 Å². The maximum absolute atomic E-state index is 12.8. The second kappa shape index (κ2) is 7.54. The normalized spacial score (nSPS) is 11.9. The number of fused-ring (bicyclic) bond motifs is 1. The molecule has 0 atom stereocenters. The molecule has 7 heteroatoms. The summed E-state index contributed by atoms with van der Waals surface area (Å²) in [6.07, 6.45) is 0.569. The van der Waals surface area contributed by atoms with Crippen LogP contribution in [0.5, 0.6) is 5.75 Å². The Morgan fingerprint density at radius 2 is 1.89 bits per heavy atom. The van der Waals surface area contributed by atoms with Crippen molar-refractivity contribution >= 4 is 32.5 Å². The van der Waals surface area contributed by atoms with Crippen molar-refractivity contribution in [3.63, 3.8) is 0 Å². The number of ether oxygens (including phenoxy) is 1. The molecule has 1 heterocycles. The van der Waals surface area contributed by atoms with Gasteiger partial charge in [-0.05, 0) is 62.1 Å². The zero-order valence-electron chi connectivity index (χ0n) is 15.8. The summed E-state index contributed by atoms with van der Waals surface area (Å²) < 4.78 is 33.5. The number of methoxy groups -OCH3 is 1. The van der Waals surface area contributed by atoms with E-state index in [9.17, 15) is 8.42 Å². The molecule has 0 saturated heterocycles. The molecule has 27 heavy (non-hydrogen) atoms. The predicted octanol–water partition coefficient (Wildman–Crippen LogP) is 4.28. The summed E-state index contributed by atoms with van der Waals surface area (Å²) >= 11 is 6.23. The van der Waals surface area contributed by atoms with E-state index >= 15 is 0 Å². The summed E-state index contributed by atoms with van der Waals surface area (Å²) in [4.78, 5) is 3.56. The Balaban J connectivity index is 1.80. The molecule has 0 fully saturated rings. The van der Waals surface area contributed by atoms with Crippen LogP contribution in [0.4, 0.5) is 0 Å². The first-order chi connectivity index (χ1) is 12.7. The molecule has 0 saturated carbocycles. The lowest BCUT2D eigenvalue weighted by molar-refractivity contribution is 0.411. The third-order valence-electron chi connectivity index (χ3n) is 4.75. The molecule has 5 nitrogen and oxygen atoms in total. The molecule has 0 spiro atoms. The minimum Gasteiger partial charge on any atom is -0.496 e. The SMILES string of the molecule is COc1cc(C)c(S(=O)(=O)NCCc2c(C)[nH]c3c(Cl)cccc23)cc1C. The Morgan fingerprint density at radius 3 is 2.59 bits per heavy atom. The van der Waals surface area contributed by atoms with Gasteiger partial charge in [0.05, 0.1) is 22.5 Å². The molecule has 0 aliphatic carbocycles. The largest absolute Gasteiger partial charge is 0.496 e. The summed E-state index contributed by atoms with van der Waals surface area (Å²) in [5.74, 6) is 0.678.